The number of alkyl halides is 3. The Morgan fingerprint density at radius 1 is 1.11 bits per heavy atom. The van der Waals surface area contributed by atoms with Crippen molar-refractivity contribution in [1.82, 2.24) is 0 Å². The van der Waals surface area contributed by atoms with E-state index in [-0.39, 0.29) is 39.3 Å². The van der Waals surface area contributed by atoms with E-state index in [1.54, 1.807) is 0 Å². The largest absolute Gasteiger partial charge is 0.481 e. The van der Waals surface area contributed by atoms with Gasteiger partial charge < -0.3 is 14.6 Å². The average Bonchev–Trinajstić information content (AvgIpc) is 2.56. The normalized spacial score (nSPS) is 19.2. The van der Waals surface area contributed by atoms with E-state index in [4.69, 9.17) is 49.4 Å². The fourth-order valence-corrected chi connectivity index (χ4v) is 3.21. The molecule has 0 fully saturated rings. The number of aliphatic carboxylic acids is 1. The van der Waals surface area contributed by atoms with Gasteiger partial charge in [-0.2, -0.15) is 13.2 Å². The second-order valence-corrected chi connectivity index (χ2v) is 7.05. The van der Waals surface area contributed by atoms with Gasteiger partial charge in [0, 0.05) is 17.2 Å². The Bertz CT molecular complexity index is 902. The van der Waals surface area contributed by atoms with Crippen LogP contribution in [-0.2, 0) is 11.2 Å². The van der Waals surface area contributed by atoms with E-state index in [0.29, 0.717) is 5.02 Å². The first-order valence-electron chi connectivity index (χ1n) is 7.47. The average molecular weight is 442 g/mol. The third kappa shape index (κ3) is 4.20. The molecular weight excluding hydrogens is 432 g/mol. The van der Waals surface area contributed by atoms with Crippen molar-refractivity contribution in [1.29, 1.82) is 0 Å². The minimum Gasteiger partial charge on any atom is -0.481 e. The van der Waals surface area contributed by atoms with Gasteiger partial charge in [0.05, 0.1) is 10.0 Å². The molecule has 0 radical (unpaired) electrons. The van der Waals surface area contributed by atoms with Gasteiger partial charge in [0.15, 0.2) is 0 Å². The molecule has 1 N–H and O–H groups in total. The number of carboxylic acids is 1. The van der Waals surface area contributed by atoms with Crippen LogP contribution in [0.3, 0.4) is 0 Å². The van der Waals surface area contributed by atoms with E-state index in [1.165, 1.54) is 30.3 Å². The highest BCUT2D eigenvalue weighted by Gasteiger charge is 2.52. The maximum Gasteiger partial charge on any atom is 0.426 e. The maximum atomic E-state index is 13.2. The van der Waals surface area contributed by atoms with Gasteiger partial charge in [-0.15, -0.1) is 0 Å². The molecule has 0 aromatic heterocycles. The minimum atomic E-state index is -4.85. The molecule has 2 aromatic rings. The van der Waals surface area contributed by atoms with Crippen molar-refractivity contribution in [3.05, 3.63) is 51.0 Å². The van der Waals surface area contributed by atoms with Gasteiger partial charge in [-0.25, -0.2) is 0 Å². The van der Waals surface area contributed by atoms with Crippen LogP contribution >= 0.6 is 34.8 Å². The molecular formula is C17H10Cl3F3O4. The van der Waals surface area contributed by atoms with Gasteiger partial charge in [-0.3, -0.25) is 4.79 Å². The third-order valence-electron chi connectivity index (χ3n) is 3.93. The smallest absolute Gasteiger partial charge is 0.426 e. The Morgan fingerprint density at radius 2 is 1.78 bits per heavy atom. The van der Waals surface area contributed by atoms with E-state index < -0.39 is 24.2 Å². The number of carboxylic acid groups (broad SMARTS) is 1. The number of carbonyl (C=O) groups is 1. The topological polar surface area (TPSA) is 55.8 Å². The summed E-state index contributed by atoms with van der Waals surface area (Å²) in [4.78, 5) is 11.2. The van der Waals surface area contributed by atoms with E-state index in [1.807, 2.05) is 0 Å². The van der Waals surface area contributed by atoms with E-state index in [0.717, 1.165) is 0 Å². The highest BCUT2D eigenvalue weighted by molar-refractivity contribution is 6.34. The molecule has 2 aromatic carbocycles. The van der Waals surface area contributed by atoms with Gasteiger partial charge in [-0.05, 0) is 30.2 Å². The zero-order valence-corrected chi connectivity index (χ0v) is 15.5. The molecule has 0 saturated carbocycles. The lowest BCUT2D eigenvalue weighted by Gasteiger charge is -2.32. The first-order valence-corrected chi connectivity index (χ1v) is 8.61. The summed E-state index contributed by atoms with van der Waals surface area (Å²) < 4.78 is 50.1. The predicted octanol–water partition coefficient (Wildman–Crippen LogP) is 6.01. The van der Waals surface area contributed by atoms with Crippen LogP contribution in [0, 0.1) is 5.92 Å². The number of halogens is 6. The van der Waals surface area contributed by atoms with Crippen molar-refractivity contribution in [2.45, 2.75) is 18.7 Å². The molecule has 0 aliphatic carbocycles. The van der Waals surface area contributed by atoms with Crippen LogP contribution in [0.2, 0.25) is 15.1 Å². The highest BCUT2D eigenvalue weighted by atomic mass is 35.5. The van der Waals surface area contributed by atoms with Crippen molar-refractivity contribution in [2.24, 2.45) is 5.92 Å². The summed E-state index contributed by atoms with van der Waals surface area (Å²) in [6, 6.07) is 6.92. The summed E-state index contributed by atoms with van der Waals surface area (Å²) in [5, 5.41) is 9.72. The fraction of sp³-hybridized carbons (Fsp3) is 0.235. The highest BCUT2D eigenvalue weighted by Crippen LogP contribution is 2.44. The van der Waals surface area contributed by atoms with Crippen molar-refractivity contribution in [3.63, 3.8) is 0 Å². The van der Waals surface area contributed by atoms with Crippen molar-refractivity contribution in [3.8, 4) is 17.2 Å². The second-order valence-electron chi connectivity index (χ2n) is 5.80. The van der Waals surface area contributed by atoms with Crippen molar-refractivity contribution < 1.29 is 32.5 Å². The van der Waals surface area contributed by atoms with Gasteiger partial charge in [0.2, 0.25) is 6.10 Å². The van der Waals surface area contributed by atoms with Gasteiger partial charge in [0.25, 0.3) is 0 Å². The Labute approximate surface area is 166 Å². The number of hydrogen-bond donors (Lipinski definition) is 1. The Hall–Kier alpha value is -1.83. The molecule has 0 bridgehead atoms. The van der Waals surface area contributed by atoms with Gasteiger partial charge in [-0.1, -0.05) is 34.8 Å². The summed E-state index contributed by atoms with van der Waals surface area (Å²) in [7, 11) is 0. The van der Waals surface area contributed by atoms with E-state index >= 15 is 0 Å². The zero-order valence-electron chi connectivity index (χ0n) is 13.2. The molecule has 4 nitrogen and oxygen atoms in total. The van der Waals surface area contributed by atoms with Gasteiger partial charge >= 0.3 is 12.1 Å². The number of fused-ring (bicyclic) bond motifs is 1. The molecule has 144 valence electrons. The lowest BCUT2D eigenvalue weighted by Crippen LogP contribution is -2.47. The maximum absolute atomic E-state index is 13.2. The number of hydrogen-bond acceptors (Lipinski definition) is 3. The summed E-state index contributed by atoms with van der Waals surface area (Å²) >= 11 is 18.0. The number of rotatable bonds is 3. The van der Waals surface area contributed by atoms with Crippen LogP contribution in [0.5, 0.6) is 17.2 Å². The molecule has 0 amide bonds. The second kappa shape index (κ2) is 7.30. The van der Waals surface area contributed by atoms with Crippen LogP contribution in [0.15, 0.2) is 30.3 Å². The van der Waals surface area contributed by atoms with Crippen molar-refractivity contribution >= 4 is 40.8 Å². The lowest BCUT2D eigenvalue weighted by atomic mass is 9.90. The van der Waals surface area contributed by atoms with Gasteiger partial charge in [0.1, 0.15) is 23.2 Å². The molecule has 1 heterocycles. The Morgan fingerprint density at radius 3 is 2.41 bits per heavy atom. The third-order valence-corrected chi connectivity index (χ3v) is 4.77. The Balaban J connectivity index is 1.98. The first-order chi connectivity index (χ1) is 12.6. The summed E-state index contributed by atoms with van der Waals surface area (Å²) in [5.41, 5.74) is 0.234. The molecule has 0 saturated heterocycles. The molecule has 27 heavy (non-hydrogen) atoms. The summed E-state index contributed by atoms with van der Waals surface area (Å²) in [6.07, 6.45) is -7.71. The van der Waals surface area contributed by atoms with Crippen LogP contribution in [0.4, 0.5) is 13.2 Å². The lowest BCUT2D eigenvalue weighted by molar-refractivity contribution is -0.217. The number of benzene rings is 2. The molecule has 0 spiro atoms. The first kappa shape index (κ1) is 19.9. The van der Waals surface area contributed by atoms with Crippen LogP contribution in [-0.4, -0.2) is 23.4 Å². The van der Waals surface area contributed by atoms with Crippen LogP contribution in [0.25, 0.3) is 0 Å². The van der Waals surface area contributed by atoms with Crippen molar-refractivity contribution in [2.75, 3.05) is 0 Å². The fourth-order valence-electron chi connectivity index (χ4n) is 2.67. The molecule has 10 heteroatoms. The SMILES string of the molecule is O=C(O)C1Cc2cc(Cl)c(Oc3cc(Cl)ccc3Cl)cc2OC1C(F)(F)F. The predicted molar refractivity (Wildman–Crippen MR) is 93.3 cm³/mol. The zero-order chi connectivity index (χ0) is 19.9. The molecule has 1 aliphatic heterocycles. The molecule has 2 unspecified atom stereocenters. The summed E-state index contributed by atoms with van der Waals surface area (Å²) in [5.74, 6) is -3.40. The molecule has 1 aliphatic rings. The molecule has 2 atom stereocenters. The van der Waals surface area contributed by atoms with Crippen LogP contribution < -0.4 is 9.47 Å². The summed E-state index contributed by atoms with van der Waals surface area (Å²) in [6.45, 7) is 0. The quantitative estimate of drug-likeness (QED) is 0.634. The molecule has 3 rings (SSSR count). The van der Waals surface area contributed by atoms with E-state index in [9.17, 15) is 18.0 Å². The number of ether oxygens (including phenoxy) is 2. The van der Waals surface area contributed by atoms with Crippen LogP contribution in [0.1, 0.15) is 5.56 Å². The monoisotopic (exact) mass is 440 g/mol. The van der Waals surface area contributed by atoms with E-state index in [2.05, 4.69) is 0 Å². The minimum absolute atomic E-state index is 0.00529. The standard InChI is InChI=1S/C17H10Cl3F3O4/c18-8-1-2-10(19)13(5-8)26-14-6-12-7(4-11(14)20)3-9(16(24)25)15(27-12)17(21,22)23/h1-2,4-6,9,15H,3H2,(H,24,25). The Kier molecular flexibility index (Phi) is 5.38.